The van der Waals surface area contributed by atoms with E-state index in [2.05, 4.69) is 41.7 Å². The lowest BCUT2D eigenvalue weighted by molar-refractivity contribution is -0.121. The fraction of sp³-hybridized carbons (Fsp3) is 0.333. The third-order valence-electron chi connectivity index (χ3n) is 6.11. The highest BCUT2D eigenvalue weighted by Crippen LogP contribution is 2.24. The van der Waals surface area contributed by atoms with E-state index in [1.807, 2.05) is 63.2 Å². The molecule has 36 heavy (non-hydrogen) atoms. The molecule has 0 unspecified atom stereocenters. The number of hydrogen-bond donors (Lipinski definition) is 1. The third-order valence-corrected chi connectivity index (χ3v) is 6.11. The molecule has 3 aromatic carbocycles. The first-order valence-electron chi connectivity index (χ1n) is 12.4. The van der Waals surface area contributed by atoms with Gasteiger partial charge in [-0.3, -0.25) is 4.79 Å². The molecule has 0 atom stereocenters. The van der Waals surface area contributed by atoms with Crippen LogP contribution in [0.4, 0.5) is 10.5 Å². The fourth-order valence-electron chi connectivity index (χ4n) is 4.12. The number of carbonyl (C=O) groups excluding carboxylic acids is 2. The van der Waals surface area contributed by atoms with Gasteiger partial charge in [0.2, 0.25) is 5.91 Å². The number of nitrogens with one attached hydrogen (secondary N) is 1. The number of ether oxygens (including phenoxy) is 2. The van der Waals surface area contributed by atoms with Gasteiger partial charge in [0.05, 0.1) is 0 Å². The molecule has 1 N–H and O–H groups in total. The summed E-state index contributed by atoms with van der Waals surface area (Å²) in [6.45, 7) is 7.06. The van der Waals surface area contributed by atoms with Crippen LogP contribution >= 0.6 is 0 Å². The Morgan fingerprint density at radius 1 is 0.861 bits per heavy atom. The van der Waals surface area contributed by atoms with Crippen molar-refractivity contribution >= 4 is 17.7 Å². The van der Waals surface area contributed by atoms with Gasteiger partial charge in [0.1, 0.15) is 18.0 Å². The van der Waals surface area contributed by atoms with Gasteiger partial charge in [-0.1, -0.05) is 54.6 Å². The summed E-state index contributed by atoms with van der Waals surface area (Å²) in [7, 11) is 0. The van der Waals surface area contributed by atoms with E-state index in [4.69, 9.17) is 9.47 Å². The lowest BCUT2D eigenvalue weighted by atomic mass is 9.96. The van der Waals surface area contributed by atoms with Gasteiger partial charge in [-0.25, -0.2) is 4.79 Å². The Hall–Kier alpha value is -3.80. The Morgan fingerprint density at radius 2 is 1.47 bits per heavy atom. The quantitative estimate of drug-likeness (QED) is 0.431. The molecule has 3 aromatic rings. The van der Waals surface area contributed by atoms with Gasteiger partial charge in [0.15, 0.2) is 0 Å². The van der Waals surface area contributed by atoms with Crippen molar-refractivity contribution in [1.29, 1.82) is 0 Å². The van der Waals surface area contributed by atoms with Crippen LogP contribution < -0.4 is 10.1 Å². The molecule has 0 bridgehead atoms. The summed E-state index contributed by atoms with van der Waals surface area (Å²) in [5.74, 6) is 0.593. The van der Waals surface area contributed by atoms with Crippen molar-refractivity contribution < 1.29 is 19.1 Å². The summed E-state index contributed by atoms with van der Waals surface area (Å²) in [6, 6.07) is 26.0. The zero-order valence-electron chi connectivity index (χ0n) is 21.2. The first-order chi connectivity index (χ1) is 17.3. The minimum absolute atomic E-state index is 0.0222. The Labute approximate surface area is 213 Å². The van der Waals surface area contributed by atoms with Gasteiger partial charge in [-0.05, 0) is 74.6 Å². The largest absolute Gasteiger partial charge is 0.489 e. The zero-order chi connectivity index (χ0) is 25.5. The number of benzene rings is 3. The highest BCUT2D eigenvalue weighted by molar-refractivity contribution is 5.92. The molecular formula is C30H34N2O4. The molecule has 2 amide bonds. The molecule has 1 heterocycles. The van der Waals surface area contributed by atoms with Gasteiger partial charge in [0, 0.05) is 24.7 Å². The summed E-state index contributed by atoms with van der Waals surface area (Å²) >= 11 is 0. The maximum Gasteiger partial charge on any atom is 0.410 e. The van der Waals surface area contributed by atoms with Gasteiger partial charge < -0.3 is 19.7 Å². The van der Waals surface area contributed by atoms with Crippen molar-refractivity contribution in [2.45, 2.75) is 45.8 Å². The van der Waals surface area contributed by atoms with E-state index >= 15 is 0 Å². The van der Waals surface area contributed by atoms with Crippen LogP contribution in [0.2, 0.25) is 0 Å². The monoisotopic (exact) mass is 486 g/mol. The molecule has 1 fully saturated rings. The number of rotatable bonds is 6. The number of piperidine rings is 1. The minimum Gasteiger partial charge on any atom is -0.489 e. The molecule has 0 saturated carbocycles. The second-order valence-electron chi connectivity index (χ2n) is 10.1. The van der Waals surface area contributed by atoms with E-state index in [9.17, 15) is 9.59 Å². The standard InChI is InChI=1S/C30H34N2O4/c1-30(2,3)36-29(34)32-19-17-25(18-20-32)28(33)31-26-13-15-27(16-14-26)35-21-22-9-11-24(12-10-22)23-7-5-4-6-8-23/h4-16,25H,17-21H2,1-3H3,(H,31,33). The Morgan fingerprint density at radius 3 is 2.08 bits per heavy atom. The van der Waals surface area contributed by atoms with Crippen LogP contribution in [0, 0.1) is 5.92 Å². The Kier molecular flexibility index (Phi) is 7.93. The van der Waals surface area contributed by atoms with Crippen molar-refractivity contribution in [3.8, 4) is 16.9 Å². The van der Waals surface area contributed by atoms with Crippen LogP contribution in [0.5, 0.6) is 5.75 Å². The van der Waals surface area contributed by atoms with E-state index in [0.29, 0.717) is 32.5 Å². The summed E-state index contributed by atoms with van der Waals surface area (Å²) < 4.78 is 11.3. The van der Waals surface area contributed by atoms with Crippen LogP contribution in [0.1, 0.15) is 39.2 Å². The molecule has 1 aliphatic heterocycles. The number of hydrogen-bond acceptors (Lipinski definition) is 4. The molecule has 0 spiro atoms. The fourth-order valence-corrected chi connectivity index (χ4v) is 4.12. The smallest absolute Gasteiger partial charge is 0.410 e. The van der Waals surface area contributed by atoms with Crippen LogP contribution in [-0.2, 0) is 16.1 Å². The Balaban J connectivity index is 1.22. The number of anilines is 1. The van der Waals surface area contributed by atoms with Crippen LogP contribution in [0.25, 0.3) is 11.1 Å². The van der Waals surface area contributed by atoms with Crippen molar-refractivity contribution in [3.05, 3.63) is 84.4 Å². The summed E-state index contributed by atoms with van der Waals surface area (Å²) in [5, 5.41) is 2.99. The topological polar surface area (TPSA) is 67.9 Å². The molecule has 6 nitrogen and oxygen atoms in total. The zero-order valence-corrected chi connectivity index (χ0v) is 21.2. The molecule has 0 aliphatic carbocycles. The predicted molar refractivity (Wildman–Crippen MR) is 142 cm³/mol. The van der Waals surface area contributed by atoms with Gasteiger partial charge in [-0.2, -0.15) is 0 Å². The van der Waals surface area contributed by atoms with E-state index in [-0.39, 0.29) is 17.9 Å². The lowest BCUT2D eigenvalue weighted by Crippen LogP contribution is -2.43. The SMILES string of the molecule is CC(C)(C)OC(=O)N1CCC(C(=O)Nc2ccc(OCc3ccc(-c4ccccc4)cc3)cc2)CC1. The molecule has 0 radical (unpaired) electrons. The van der Waals surface area contributed by atoms with Crippen molar-refractivity contribution in [2.24, 2.45) is 5.92 Å². The second-order valence-corrected chi connectivity index (χ2v) is 10.1. The average molecular weight is 487 g/mol. The van der Waals surface area contributed by atoms with E-state index in [1.165, 1.54) is 11.1 Å². The molecule has 6 heteroatoms. The number of nitrogens with zero attached hydrogens (tertiary/aromatic N) is 1. The summed E-state index contributed by atoms with van der Waals surface area (Å²) in [5.41, 5.74) is 3.67. The molecule has 0 aromatic heterocycles. The van der Waals surface area contributed by atoms with Crippen LogP contribution in [0.15, 0.2) is 78.9 Å². The predicted octanol–water partition coefficient (Wildman–Crippen LogP) is 6.52. The van der Waals surface area contributed by atoms with E-state index < -0.39 is 5.60 Å². The molecule has 188 valence electrons. The molecule has 1 aliphatic rings. The highest BCUT2D eigenvalue weighted by atomic mass is 16.6. The normalized spacial score (nSPS) is 14.2. The Bertz CT molecular complexity index is 1140. The molecule has 1 saturated heterocycles. The van der Waals surface area contributed by atoms with E-state index in [0.717, 1.165) is 17.0 Å². The first kappa shape index (κ1) is 25.3. The van der Waals surface area contributed by atoms with Crippen LogP contribution in [0.3, 0.4) is 0 Å². The minimum atomic E-state index is -0.520. The maximum atomic E-state index is 12.7. The van der Waals surface area contributed by atoms with Crippen LogP contribution in [-0.4, -0.2) is 35.6 Å². The van der Waals surface area contributed by atoms with Crippen molar-refractivity contribution in [2.75, 3.05) is 18.4 Å². The number of carbonyl (C=O) groups is 2. The van der Waals surface area contributed by atoms with Gasteiger partial charge in [0.25, 0.3) is 0 Å². The first-order valence-corrected chi connectivity index (χ1v) is 12.4. The molecule has 4 rings (SSSR count). The summed E-state index contributed by atoms with van der Waals surface area (Å²) in [6.07, 6.45) is 0.925. The van der Waals surface area contributed by atoms with Crippen molar-refractivity contribution in [1.82, 2.24) is 4.90 Å². The van der Waals surface area contributed by atoms with Crippen molar-refractivity contribution in [3.63, 3.8) is 0 Å². The average Bonchev–Trinajstić information content (AvgIpc) is 2.88. The third kappa shape index (κ3) is 7.11. The lowest BCUT2D eigenvalue weighted by Gasteiger charge is -2.32. The van der Waals surface area contributed by atoms with E-state index in [1.54, 1.807) is 4.90 Å². The number of amides is 2. The van der Waals surface area contributed by atoms with Gasteiger partial charge in [-0.15, -0.1) is 0 Å². The highest BCUT2D eigenvalue weighted by Gasteiger charge is 2.29. The van der Waals surface area contributed by atoms with Gasteiger partial charge >= 0.3 is 6.09 Å². The second kappa shape index (κ2) is 11.3. The molecular weight excluding hydrogens is 452 g/mol. The number of likely N-dealkylation sites (tertiary alicyclic amines) is 1. The maximum absolute atomic E-state index is 12.7. The summed E-state index contributed by atoms with van der Waals surface area (Å²) in [4.78, 5) is 26.6.